The average Bonchev–Trinajstić information content (AvgIpc) is 2.48. The third-order valence-corrected chi connectivity index (χ3v) is 3.03. The van der Waals surface area contributed by atoms with Crippen molar-refractivity contribution < 1.29 is 9.53 Å². The molecule has 0 N–H and O–H groups in total. The molecule has 3 heteroatoms. The van der Waals surface area contributed by atoms with Crippen LogP contribution in [0.15, 0.2) is 54.6 Å². The highest BCUT2D eigenvalue weighted by molar-refractivity contribution is 6.18. The van der Waals surface area contributed by atoms with Crippen LogP contribution in [0.2, 0.25) is 0 Å². The van der Waals surface area contributed by atoms with E-state index in [1.54, 1.807) is 0 Å². The summed E-state index contributed by atoms with van der Waals surface area (Å²) in [6.07, 6.45) is 0.962. The minimum absolute atomic E-state index is 0.233. The number of benzene rings is 2. The van der Waals surface area contributed by atoms with Crippen LogP contribution in [0.1, 0.15) is 17.0 Å². The van der Waals surface area contributed by atoms with Gasteiger partial charge in [-0.15, -0.1) is 11.6 Å². The molecular weight excluding hydrogens is 260 g/mol. The molecule has 98 valence electrons. The number of ether oxygens (including phenoxy) is 1. The van der Waals surface area contributed by atoms with Gasteiger partial charge in [0, 0.05) is 0 Å². The summed E-state index contributed by atoms with van der Waals surface area (Å²) in [6, 6.07) is 17.3. The molecule has 1 unspecified atom stereocenters. The lowest BCUT2D eigenvalue weighted by atomic mass is 9.93. The van der Waals surface area contributed by atoms with Gasteiger partial charge in [-0.25, -0.2) is 0 Å². The Labute approximate surface area is 118 Å². The molecule has 1 atom stereocenters. The van der Waals surface area contributed by atoms with Crippen LogP contribution >= 0.6 is 11.6 Å². The van der Waals surface area contributed by atoms with Gasteiger partial charge in [0.1, 0.15) is 18.6 Å². The predicted octanol–water partition coefficient (Wildman–Crippen LogP) is 3.64. The van der Waals surface area contributed by atoms with Gasteiger partial charge < -0.3 is 9.53 Å². The zero-order valence-corrected chi connectivity index (χ0v) is 11.2. The van der Waals surface area contributed by atoms with Gasteiger partial charge in [-0.1, -0.05) is 42.5 Å². The number of alkyl halides is 1. The van der Waals surface area contributed by atoms with E-state index in [4.69, 9.17) is 16.3 Å². The Balaban J connectivity index is 2.18. The van der Waals surface area contributed by atoms with Crippen molar-refractivity contribution in [1.82, 2.24) is 0 Å². The lowest BCUT2D eigenvalue weighted by molar-refractivity contribution is -0.108. The van der Waals surface area contributed by atoms with E-state index in [1.165, 1.54) is 0 Å². The molecule has 0 fully saturated rings. The van der Waals surface area contributed by atoms with E-state index in [2.05, 4.69) is 0 Å². The quantitative estimate of drug-likeness (QED) is 0.594. The second kappa shape index (κ2) is 6.95. The highest BCUT2D eigenvalue weighted by Gasteiger charge is 2.12. The van der Waals surface area contributed by atoms with Crippen LogP contribution in [0.3, 0.4) is 0 Å². The molecule has 2 aromatic carbocycles. The maximum Gasteiger partial charge on any atom is 0.131 e. The van der Waals surface area contributed by atoms with Crippen molar-refractivity contribution in [2.45, 2.75) is 5.92 Å². The smallest absolute Gasteiger partial charge is 0.131 e. The third-order valence-electron chi connectivity index (χ3n) is 2.88. The van der Waals surface area contributed by atoms with Crippen molar-refractivity contribution in [3.8, 4) is 5.75 Å². The van der Waals surface area contributed by atoms with E-state index in [9.17, 15) is 4.79 Å². The SMILES string of the molecule is O=CC(c1ccccc1)c1ccc(OCCCl)cc1. The minimum Gasteiger partial charge on any atom is -0.492 e. The van der Waals surface area contributed by atoms with Crippen molar-refractivity contribution in [1.29, 1.82) is 0 Å². The number of aldehydes is 1. The van der Waals surface area contributed by atoms with Gasteiger partial charge in [0.05, 0.1) is 11.8 Å². The van der Waals surface area contributed by atoms with Gasteiger partial charge in [-0.3, -0.25) is 0 Å². The molecule has 2 rings (SSSR count). The number of rotatable bonds is 6. The summed E-state index contributed by atoms with van der Waals surface area (Å²) < 4.78 is 5.41. The van der Waals surface area contributed by atoms with Crippen molar-refractivity contribution in [2.75, 3.05) is 12.5 Å². The molecule has 2 nitrogen and oxygen atoms in total. The molecule has 19 heavy (non-hydrogen) atoms. The largest absolute Gasteiger partial charge is 0.492 e. The fourth-order valence-corrected chi connectivity index (χ4v) is 2.01. The maximum absolute atomic E-state index is 11.3. The summed E-state index contributed by atoms with van der Waals surface area (Å²) in [5, 5.41) is 0. The van der Waals surface area contributed by atoms with E-state index in [1.807, 2.05) is 54.6 Å². The zero-order valence-electron chi connectivity index (χ0n) is 10.5. The molecule has 0 amide bonds. The standard InChI is InChI=1S/C16H15ClO2/c17-10-11-19-15-8-6-14(7-9-15)16(12-18)13-4-2-1-3-5-13/h1-9,12,16H,10-11H2. The van der Waals surface area contributed by atoms with E-state index in [-0.39, 0.29) is 5.92 Å². The minimum atomic E-state index is -0.233. The molecule has 0 aliphatic carbocycles. The van der Waals surface area contributed by atoms with Crippen LogP contribution in [0, 0.1) is 0 Å². The fourth-order valence-electron chi connectivity index (χ4n) is 1.94. The average molecular weight is 275 g/mol. The van der Waals surface area contributed by atoms with Gasteiger partial charge >= 0.3 is 0 Å². The number of carbonyl (C=O) groups is 1. The normalized spacial score (nSPS) is 11.8. The van der Waals surface area contributed by atoms with Crippen LogP contribution in [0.5, 0.6) is 5.75 Å². The molecule has 0 heterocycles. The first-order valence-corrected chi connectivity index (χ1v) is 6.67. The Morgan fingerprint density at radius 2 is 1.63 bits per heavy atom. The first-order valence-electron chi connectivity index (χ1n) is 6.14. The summed E-state index contributed by atoms with van der Waals surface area (Å²) in [4.78, 5) is 11.3. The summed E-state index contributed by atoms with van der Waals surface area (Å²) in [5.41, 5.74) is 1.95. The van der Waals surface area contributed by atoms with Crippen LogP contribution in [0.4, 0.5) is 0 Å². The number of halogens is 1. The van der Waals surface area contributed by atoms with Gasteiger partial charge in [-0.2, -0.15) is 0 Å². The van der Waals surface area contributed by atoms with Crippen molar-refractivity contribution >= 4 is 17.9 Å². The molecule has 2 aromatic rings. The molecule has 0 aromatic heterocycles. The Kier molecular flexibility index (Phi) is 4.99. The van der Waals surface area contributed by atoms with Crippen LogP contribution in [0.25, 0.3) is 0 Å². The zero-order chi connectivity index (χ0) is 13.5. The monoisotopic (exact) mass is 274 g/mol. The Morgan fingerprint density at radius 1 is 1.00 bits per heavy atom. The second-order valence-electron chi connectivity index (χ2n) is 4.13. The van der Waals surface area contributed by atoms with Crippen LogP contribution in [-0.4, -0.2) is 18.8 Å². The first-order chi connectivity index (χ1) is 9.35. The third kappa shape index (κ3) is 3.58. The molecule has 0 aliphatic heterocycles. The number of hydrogen-bond donors (Lipinski definition) is 0. The lowest BCUT2D eigenvalue weighted by Gasteiger charge is -2.12. The van der Waals surface area contributed by atoms with Crippen molar-refractivity contribution in [3.63, 3.8) is 0 Å². The molecular formula is C16H15ClO2. The summed E-state index contributed by atoms with van der Waals surface area (Å²) in [6.45, 7) is 0.483. The Bertz CT molecular complexity index is 508. The van der Waals surface area contributed by atoms with Gasteiger partial charge in [0.25, 0.3) is 0 Å². The summed E-state index contributed by atoms with van der Waals surface area (Å²) in [7, 11) is 0. The van der Waals surface area contributed by atoms with E-state index in [0.29, 0.717) is 12.5 Å². The Morgan fingerprint density at radius 3 is 2.21 bits per heavy atom. The summed E-state index contributed by atoms with van der Waals surface area (Å²) in [5.74, 6) is 0.994. The van der Waals surface area contributed by atoms with Gasteiger partial charge in [0.15, 0.2) is 0 Å². The lowest BCUT2D eigenvalue weighted by Crippen LogP contribution is -2.03. The van der Waals surface area contributed by atoms with Gasteiger partial charge in [-0.05, 0) is 23.3 Å². The van der Waals surface area contributed by atoms with Crippen LogP contribution in [-0.2, 0) is 4.79 Å². The van der Waals surface area contributed by atoms with Crippen molar-refractivity contribution in [3.05, 3.63) is 65.7 Å². The molecule has 0 saturated heterocycles. The highest BCUT2D eigenvalue weighted by atomic mass is 35.5. The van der Waals surface area contributed by atoms with Crippen LogP contribution < -0.4 is 4.74 Å². The molecule has 0 saturated carbocycles. The second-order valence-corrected chi connectivity index (χ2v) is 4.51. The molecule has 0 radical (unpaired) electrons. The first kappa shape index (κ1) is 13.6. The topological polar surface area (TPSA) is 26.3 Å². The maximum atomic E-state index is 11.3. The number of hydrogen-bond acceptors (Lipinski definition) is 2. The molecule has 0 spiro atoms. The highest BCUT2D eigenvalue weighted by Crippen LogP contribution is 2.24. The molecule has 0 aliphatic rings. The van der Waals surface area contributed by atoms with Gasteiger partial charge in [0.2, 0.25) is 0 Å². The Hall–Kier alpha value is -1.80. The van der Waals surface area contributed by atoms with E-state index in [0.717, 1.165) is 23.2 Å². The van der Waals surface area contributed by atoms with Crippen molar-refractivity contribution in [2.24, 2.45) is 0 Å². The number of carbonyl (C=O) groups excluding carboxylic acids is 1. The molecule has 0 bridgehead atoms. The van der Waals surface area contributed by atoms with E-state index >= 15 is 0 Å². The summed E-state index contributed by atoms with van der Waals surface area (Å²) >= 11 is 5.56. The predicted molar refractivity (Wildman–Crippen MR) is 77.0 cm³/mol. The fraction of sp³-hybridized carbons (Fsp3) is 0.188. The van der Waals surface area contributed by atoms with E-state index < -0.39 is 0 Å².